The molecule has 20 heavy (non-hydrogen) atoms. The Balaban J connectivity index is 1.55. The van der Waals surface area contributed by atoms with E-state index in [0.717, 1.165) is 38.0 Å². The molecule has 0 aliphatic carbocycles. The van der Waals surface area contributed by atoms with Gasteiger partial charge in [-0.2, -0.15) is 0 Å². The number of rotatable bonds is 3. The highest BCUT2D eigenvalue weighted by molar-refractivity contribution is 7.15. The summed E-state index contributed by atoms with van der Waals surface area (Å²) in [7, 11) is 0. The Morgan fingerprint density at radius 1 is 1.35 bits per heavy atom. The Morgan fingerprint density at radius 2 is 2.25 bits per heavy atom. The third-order valence-electron chi connectivity index (χ3n) is 3.47. The number of thiazole rings is 1. The van der Waals surface area contributed by atoms with Gasteiger partial charge in [0.2, 0.25) is 0 Å². The van der Waals surface area contributed by atoms with Gasteiger partial charge in [0.05, 0.1) is 5.69 Å². The van der Waals surface area contributed by atoms with E-state index in [1.54, 1.807) is 17.5 Å². The minimum Gasteiger partial charge on any atom is -0.375 e. The summed E-state index contributed by atoms with van der Waals surface area (Å²) in [4.78, 5) is 12.3. The van der Waals surface area contributed by atoms with E-state index in [0.29, 0.717) is 5.13 Å². The molecule has 3 heterocycles. The number of nitrogens with two attached hydrogens (primary N) is 1. The molecule has 104 valence electrons. The highest BCUT2D eigenvalue weighted by Crippen LogP contribution is 2.24. The molecule has 4 nitrogen and oxygen atoms in total. The standard InChI is InChI=1S/C15H18N4S/c16-15-18-13-5-9-19(10-6-14(13)20-15)8-2-4-12-3-1-7-17-11-12/h1-4,7,11H,5-6,8-10H2,(H2,16,18). The van der Waals surface area contributed by atoms with Crippen LogP contribution in [0.5, 0.6) is 0 Å². The second-order valence-electron chi connectivity index (χ2n) is 4.91. The lowest BCUT2D eigenvalue weighted by Gasteiger charge is -2.17. The van der Waals surface area contributed by atoms with Crippen molar-refractivity contribution in [3.63, 3.8) is 0 Å². The molecule has 0 bridgehead atoms. The quantitative estimate of drug-likeness (QED) is 0.940. The summed E-state index contributed by atoms with van der Waals surface area (Å²) in [6.45, 7) is 3.10. The van der Waals surface area contributed by atoms with Crippen molar-refractivity contribution < 1.29 is 0 Å². The molecule has 0 radical (unpaired) electrons. The summed E-state index contributed by atoms with van der Waals surface area (Å²) in [5.41, 5.74) is 8.11. The van der Waals surface area contributed by atoms with Crippen molar-refractivity contribution in [1.82, 2.24) is 14.9 Å². The van der Waals surface area contributed by atoms with Gasteiger partial charge in [0.1, 0.15) is 0 Å². The van der Waals surface area contributed by atoms with Gasteiger partial charge in [-0.25, -0.2) is 4.98 Å². The number of aromatic nitrogens is 2. The zero-order valence-corrected chi connectivity index (χ0v) is 12.1. The van der Waals surface area contributed by atoms with Crippen LogP contribution in [0, 0.1) is 0 Å². The van der Waals surface area contributed by atoms with Crippen LogP contribution in [0.2, 0.25) is 0 Å². The van der Waals surface area contributed by atoms with Crippen molar-refractivity contribution in [2.45, 2.75) is 12.8 Å². The molecule has 3 rings (SSSR count). The molecular formula is C15H18N4S. The van der Waals surface area contributed by atoms with Gasteiger partial charge in [-0.3, -0.25) is 9.88 Å². The van der Waals surface area contributed by atoms with Crippen LogP contribution < -0.4 is 5.73 Å². The highest BCUT2D eigenvalue weighted by atomic mass is 32.1. The third kappa shape index (κ3) is 3.23. The van der Waals surface area contributed by atoms with Crippen LogP contribution in [0.1, 0.15) is 16.1 Å². The zero-order valence-electron chi connectivity index (χ0n) is 11.3. The van der Waals surface area contributed by atoms with E-state index in [1.165, 1.54) is 10.6 Å². The minimum atomic E-state index is 0.708. The molecule has 0 atom stereocenters. The van der Waals surface area contributed by atoms with Gasteiger partial charge < -0.3 is 5.73 Å². The van der Waals surface area contributed by atoms with E-state index < -0.39 is 0 Å². The van der Waals surface area contributed by atoms with E-state index >= 15 is 0 Å². The summed E-state index contributed by atoms with van der Waals surface area (Å²) >= 11 is 1.64. The second-order valence-corrected chi connectivity index (χ2v) is 6.03. The average molecular weight is 286 g/mol. The fourth-order valence-corrected chi connectivity index (χ4v) is 3.29. The number of anilines is 1. The van der Waals surface area contributed by atoms with Gasteiger partial charge in [-0.05, 0) is 18.1 Å². The van der Waals surface area contributed by atoms with Gasteiger partial charge in [0, 0.05) is 43.3 Å². The lowest BCUT2D eigenvalue weighted by molar-refractivity contribution is 0.318. The summed E-state index contributed by atoms with van der Waals surface area (Å²) in [5.74, 6) is 0. The lowest BCUT2D eigenvalue weighted by atomic mass is 10.2. The maximum Gasteiger partial charge on any atom is 0.180 e. The topological polar surface area (TPSA) is 55.0 Å². The summed E-state index contributed by atoms with van der Waals surface area (Å²) in [5, 5.41) is 0.708. The summed E-state index contributed by atoms with van der Waals surface area (Å²) in [6, 6.07) is 4.02. The van der Waals surface area contributed by atoms with Crippen molar-refractivity contribution in [2.75, 3.05) is 25.4 Å². The first-order valence-corrected chi connectivity index (χ1v) is 7.66. The fourth-order valence-electron chi connectivity index (χ4n) is 2.42. The Kier molecular flexibility index (Phi) is 4.08. The molecule has 0 unspecified atom stereocenters. The summed E-state index contributed by atoms with van der Waals surface area (Å²) < 4.78 is 0. The van der Waals surface area contributed by atoms with Crippen molar-refractivity contribution in [2.24, 2.45) is 0 Å². The van der Waals surface area contributed by atoms with Crippen LogP contribution in [0.15, 0.2) is 30.6 Å². The van der Waals surface area contributed by atoms with Crippen molar-refractivity contribution >= 4 is 22.5 Å². The van der Waals surface area contributed by atoms with E-state index in [-0.39, 0.29) is 0 Å². The van der Waals surface area contributed by atoms with Crippen molar-refractivity contribution in [3.05, 3.63) is 46.7 Å². The van der Waals surface area contributed by atoms with Gasteiger partial charge in [-0.15, -0.1) is 11.3 Å². The molecule has 1 aliphatic heterocycles. The maximum atomic E-state index is 5.77. The minimum absolute atomic E-state index is 0.708. The van der Waals surface area contributed by atoms with Crippen molar-refractivity contribution in [3.8, 4) is 0 Å². The lowest BCUT2D eigenvalue weighted by Crippen LogP contribution is -2.26. The summed E-state index contributed by atoms with van der Waals surface area (Å²) in [6.07, 6.45) is 10.1. The van der Waals surface area contributed by atoms with Crippen LogP contribution in [-0.4, -0.2) is 34.5 Å². The predicted octanol–water partition coefficient (Wildman–Crippen LogP) is 2.23. The monoisotopic (exact) mass is 286 g/mol. The fraction of sp³-hybridized carbons (Fsp3) is 0.333. The molecule has 2 N–H and O–H groups in total. The molecule has 2 aromatic rings. The first kappa shape index (κ1) is 13.3. The van der Waals surface area contributed by atoms with Crippen LogP contribution in [-0.2, 0) is 12.8 Å². The number of fused-ring (bicyclic) bond motifs is 1. The Morgan fingerprint density at radius 3 is 3.10 bits per heavy atom. The molecule has 0 amide bonds. The largest absolute Gasteiger partial charge is 0.375 e. The smallest absolute Gasteiger partial charge is 0.180 e. The molecule has 5 heteroatoms. The van der Waals surface area contributed by atoms with E-state index in [4.69, 9.17) is 5.73 Å². The van der Waals surface area contributed by atoms with E-state index in [2.05, 4.69) is 33.1 Å². The van der Waals surface area contributed by atoms with Gasteiger partial charge in [0.15, 0.2) is 5.13 Å². The molecule has 2 aromatic heterocycles. The molecule has 0 saturated heterocycles. The van der Waals surface area contributed by atoms with Crippen molar-refractivity contribution in [1.29, 1.82) is 0 Å². The molecule has 0 saturated carbocycles. The number of nitrogen functional groups attached to an aromatic ring is 1. The Hall–Kier alpha value is -1.72. The van der Waals surface area contributed by atoms with Gasteiger partial charge in [0.25, 0.3) is 0 Å². The maximum absolute atomic E-state index is 5.77. The number of pyridine rings is 1. The van der Waals surface area contributed by atoms with Crippen LogP contribution in [0.4, 0.5) is 5.13 Å². The first-order chi connectivity index (χ1) is 9.81. The molecule has 0 fully saturated rings. The highest BCUT2D eigenvalue weighted by Gasteiger charge is 2.16. The van der Waals surface area contributed by atoms with E-state index in [9.17, 15) is 0 Å². The third-order valence-corrected chi connectivity index (χ3v) is 4.46. The van der Waals surface area contributed by atoms with Crippen LogP contribution in [0.3, 0.4) is 0 Å². The predicted molar refractivity (Wildman–Crippen MR) is 83.6 cm³/mol. The molecule has 0 spiro atoms. The number of nitrogens with zero attached hydrogens (tertiary/aromatic N) is 3. The second kappa shape index (κ2) is 6.15. The normalized spacial score (nSPS) is 16.2. The zero-order chi connectivity index (χ0) is 13.8. The number of hydrogen-bond acceptors (Lipinski definition) is 5. The van der Waals surface area contributed by atoms with Crippen LogP contribution in [0.25, 0.3) is 6.08 Å². The SMILES string of the molecule is Nc1nc2c(s1)CCN(CC=Cc1cccnc1)CC2. The van der Waals surface area contributed by atoms with Crippen LogP contribution >= 0.6 is 11.3 Å². The first-order valence-electron chi connectivity index (χ1n) is 6.84. The van der Waals surface area contributed by atoms with E-state index in [1.807, 2.05) is 12.3 Å². The molecular weight excluding hydrogens is 268 g/mol. The van der Waals surface area contributed by atoms with Gasteiger partial charge in [-0.1, -0.05) is 18.2 Å². The number of hydrogen-bond donors (Lipinski definition) is 1. The average Bonchev–Trinajstić information content (AvgIpc) is 2.72. The molecule has 0 aromatic carbocycles. The Bertz CT molecular complexity index is 566. The Labute approximate surface area is 123 Å². The van der Waals surface area contributed by atoms with Gasteiger partial charge >= 0.3 is 0 Å². The molecule has 1 aliphatic rings.